The molecule has 1 aromatic heterocycles. The van der Waals surface area contributed by atoms with Gasteiger partial charge in [-0.05, 0) is 37.5 Å². The molecule has 1 heterocycles. The number of hydrogen-bond acceptors (Lipinski definition) is 1. The first-order valence-electron chi connectivity index (χ1n) is 6.12. The summed E-state index contributed by atoms with van der Waals surface area (Å²) in [4.78, 5) is 0. The summed E-state index contributed by atoms with van der Waals surface area (Å²) in [7, 11) is 0. The zero-order chi connectivity index (χ0) is 12.0. The fraction of sp³-hybridized carbons (Fsp3) is 0.250. The van der Waals surface area contributed by atoms with Gasteiger partial charge in [-0.3, -0.25) is 0 Å². The maximum atomic E-state index is 2.32. The van der Waals surface area contributed by atoms with Gasteiger partial charge in [0.15, 0.2) is 0 Å². The first kappa shape index (κ1) is 10.8. The summed E-state index contributed by atoms with van der Waals surface area (Å²) in [6.45, 7) is 6.63. The molecule has 0 atom stereocenters. The highest BCUT2D eigenvalue weighted by molar-refractivity contribution is 7.26. The van der Waals surface area contributed by atoms with Gasteiger partial charge in [0.2, 0.25) is 0 Å². The smallest absolute Gasteiger partial charge is 0.0387 e. The van der Waals surface area contributed by atoms with Crippen LogP contribution in [0.5, 0.6) is 0 Å². The van der Waals surface area contributed by atoms with E-state index in [2.05, 4.69) is 51.1 Å². The number of benzene rings is 2. The summed E-state index contributed by atoms with van der Waals surface area (Å²) < 4.78 is 2.92. The molecule has 0 aliphatic heterocycles. The quantitative estimate of drug-likeness (QED) is 0.546. The molecule has 0 fully saturated rings. The van der Waals surface area contributed by atoms with Crippen LogP contribution in [-0.2, 0) is 6.42 Å². The van der Waals surface area contributed by atoms with Crippen molar-refractivity contribution in [2.24, 2.45) is 0 Å². The normalized spacial score (nSPS) is 11.5. The van der Waals surface area contributed by atoms with Crippen LogP contribution in [0, 0.1) is 13.8 Å². The lowest BCUT2D eigenvalue weighted by atomic mass is 10.0. The Morgan fingerprint density at radius 3 is 2.59 bits per heavy atom. The second kappa shape index (κ2) is 3.85. The van der Waals surface area contributed by atoms with Crippen LogP contribution in [0.2, 0.25) is 0 Å². The molecule has 0 aliphatic carbocycles. The molecule has 0 radical (unpaired) electrons. The van der Waals surface area contributed by atoms with Gasteiger partial charge in [0.1, 0.15) is 0 Å². The van der Waals surface area contributed by atoms with Crippen LogP contribution in [0.15, 0.2) is 30.3 Å². The van der Waals surface area contributed by atoms with E-state index in [1.165, 1.54) is 36.9 Å². The minimum absolute atomic E-state index is 1.11. The van der Waals surface area contributed by atoms with Gasteiger partial charge < -0.3 is 0 Å². The van der Waals surface area contributed by atoms with E-state index in [0.717, 1.165) is 6.42 Å². The molecule has 0 saturated carbocycles. The Morgan fingerprint density at radius 2 is 1.82 bits per heavy atom. The maximum Gasteiger partial charge on any atom is 0.0387 e. The Hall–Kier alpha value is -1.34. The third-order valence-corrected chi connectivity index (χ3v) is 4.82. The third-order valence-electron chi connectivity index (χ3n) is 3.39. The van der Waals surface area contributed by atoms with E-state index >= 15 is 0 Å². The van der Waals surface area contributed by atoms with Crippen LogP contribution in [0.4, 0.5) is 0 Å². The van der Waals surface area contributed by atoms with Crippen molar-refractivity contribution in [1.29, 1.82) is 0 Å². The van der Waals surface area contributed by atoms with Gasteiger partial charge in [-0.2, -0.15) is 0 Å². The van der Waals surface area contributed by atoms with Crippen LogP contribution in [0.3, 0.4) is 0 Å². The maximum absolute atomic E-state index is 2.32. The van der Waals surface area contributed by atoms with Crippen molar-refractivity contribution in [2.75, 3.05) is 0 Å². The second-order valence-electron chi connectivity index (χ2n) is 4.71. The average Bonchev–Trinajstić information content (AvgIpc) is 2.68. The Bertz CT molecular complexity index is 704. The first-order chi connectivity index (χ1) is 8.20. The monoisotopic (exact) mass is 240 g/mol. The van der Waals surface area contributed by atoms with Crippen molar-refractivity contribution in [3.05, 3.63) is 47.0 Å². The number of rotatable bonds is 1. The molecular formula is C16H16S. The van der Waals surface area contributed by atoms with Crippen LogP contribution in [0.1, 0.15) is 23.6 Å². The number of aryl methyl sites for hydroxylation is 3. The van der Waals surface area contributed by atoms with Gasteiger partial charge in [0.05, 0.1) is 0 Å². The summed E-state index contributed by atoms with van der Waals surface area (Å²) >= 11 is 1.95. The van der Waals surface area contributed by atoms with E-state index < -0.39 is 0 Å². The largest absolute Gasteiger partial charge is 0.135 e. The molecule has 0 aliphatic rings. The molecule has 86 valence electrons. The van der Waals surface area contributed by atoms with Crippen molar-refractivity contribution in [3.63, 3.8) is 0 Å². The summed E-state index contributed by atoms with van der Waals surface area (Å²) in [5, 5.41) is 2.86. The molecule has 0 N–H and O–H groups in total. The highest BCUT2D eigenvalue weighted by Crippen LogP contribution is 2.38. The van der Waals surface area contributed by atoms with Gasteiger partial charge >= 0.3 is 0 Å². The molecule has 2 aromatic carbocycles. The highest BCUT2D eigenvalue weighted by Gasteiger charge is 2.09. The van der Waals surface area contributed by atoms with Crippen molar-refractivity contribution in [2.45, 2.75) is 27.2 Å². The Morgan fingerprint density at radius 1 is 1.00 bits per heavy atom. The molecule has 0 bridgehead atoms. The van der Waals surface area contributed by atoms with Crippen molar-refractivity contribution in [3.8, 4) is 0 Å². The van der Waals surface area contributed by atoms with Crippen molar-refractivity contribution < 1.29 is 0 Å². The lowest BCUT2D eigenvalue weighted by Crippen LogP contribution is -1.78. The van der Waals surface area contributed by atoms with E-state index in [4.69, 9.17) is 0 Å². The van der Waals surface area contributed by atoms with Crippen LogP contribution in [-0.4, -0.2) is 0 Å². The first-order valence-corrected chi connectivity index (χ1v) is 6.93. The van der Waals surface area contributed by atoms with Crippen molar-refractivity contribution >= 4 is 31.5 Å². The van der Waals surface area contributed by atoms with Crippen LogP contribution in [0.25, 0.3) is 20.2 Å². The number of hydrogen-bond donors (Lipinski definition) is 0. The summed E-state index contributed by atoms with van der Waals surface area (Å²) in [5.74, 6) is 0. The van der Waals surface area contributed by atoms with Crippen molar-refractivity contribution in [1.82, 2.24) is 0 Å². The van der Waals surface area contributed by atoms with E-state index in [-0.39, 0.29) is 0 Å². The minimum Gasteiger partial charge on any atom is -0.135 e. The van der Waals surface area contributed by atoms with Crippen LogP contribution >= 0.6 is 11.3 Å². The van der Waals surface area contributed by atoms with Gasteiger partial charge in [0.25, 0.3) is 0 Å². The van der Waals surface area contributed by atoms with E-state index in [1.807, 2.05) is 11.3 Å². The zero-order valence-corrected chi connectivity index (χ0v) is 11.3. The molecule has 0 amide bonds. The van der Waals surface area contributed by atoms with E-state index in [0.29, 0.717) is 0 Å². The predicted octanol–water partition coefficient (Wildman–Crippen LogP) is 5.23. The fourth-order valence-electron chi connectivity index (χ4n) is 2.59. The van der Waals surface area contributed by atoms with E-state index in [9.17, 15) is 0 Å². The topological polar surface area (TPSA) is 0 Å². The average molecular weight is 240 g/mol. The second-order valence-corrected chi connectivity index (χ2v) is 5.73. The summed E-state index contributed by atoms with van der Waals surface area (Å²) in [6.07, 6.45) is 1.11. The molecule has 0 nitrogen and oxygen atoms in total. The Labute approximate surface area is 106 Å². The Balaban J connectivity index is 2.54. The molecule has 3 aromatic rings. The molecule has 0 unspecified atom stereocenters. The molecule has 0 spiro atoms. The SMILES string of the molecule is CCc1cccc2c1sc1c(C)cc(C)cc12. The molecule has 17 heavy (non-hydrogen) atoms. The zero-order valence-electron chi connectivity index (χ0n) is 10.5. The summed E-state index contributed by atoms with van der Waals surface area (Å²) in [6, 6.07) is 11.3. The predicted molar refractivity (Wildman–Crippen MR) is 78.2 cm³/mol. The van der Waals surface area contributed by atoms with Gasteiger partial charge in [0, 0.05) is 20.2 Å². The van der Waals surface area contributed by atoms with Crippen LogP contribution < -0.4 is 0 Å². The molecular weight excluding hydrogens is 224 g/mol. The lowest BCUT2D eigenvalue weighted by Gasteiger charge is -1.99. The van der Waals surface area contributed by atoms with Gasteiger partial charge in [-0.15, -0.1) is 11.3 Å². The third kappa shape index (κ3) is 1.57. The number of thiophene rings is 1. The van der Waals surface area contributed by atoms with Gasteiger partial charge in [-0.1, -0.05) is 36.8 Å². The lowest BCUT2D eigenvalue weighted by molar-refractivity contribution is 1.16. The standard InChI is InChI=1S/C16H16S/c1-4-12-6-5-7-13-14-9-10(2)8-11(3)15(14)17-16(12)13/h5-9H,4H2,1-3H3. The minimum atomic E-state index is 1.11. The molecule has 3 rings (SSSR count). The van der Waals surface area contributed by atoms with E-state index in [1.54, 1.807) is 0 Å². The molecule has 0 saturated heterocycles. The van der Waals surface area contributed by atoms with Gasteiger partial charge in [-0.25, -0.2) is 0 Å². The Kier molecular flexibility index (Phi) is 2.44. The summed E-state index contributed by atoms with van der Waals surface area (Å²) in [5.41, 5.74) is 4.24. The fourth-order valence-corrected chi connectivity index (χ4v) is 3.92. The molecule has 1 heteroatoms. The highest BCUT2D eigenvalue weighted by atomic mass is 32.1. The number of fused-ring (bicyclic) bond motifs is 3.